The molecule has 0 saturated carbocycles. The van der Waals surface area contributed by atoms with E-state index in [0.29, 0.717) is 6.54 Å². The summed E-state index contributed by atoms with van der Waals surface area (Å²) >= 11 is 0. The van der Waals surface area contributed by atoms with Gasteiger partial charge in [0.1, 0.15) is 0 Å². The second kappa shape index (κ2) is 7.49. The van der Waals surface area contributed by atoms with Crippen molar-refractivity contribution >= 4 is 5.91 Å². The minimum atomic E-state index is -0.295. The molecule has 2 aliphatic rings. The van der Waals surface area contributed by atoms with Crippen LogP contribution in [0, 0.1) is 5.41 Å². The molecule has 1 unspecified atom stereocenters. The maximum absolute atomic E-state index is 13.0. The molecule has 29 heavy (non-hydrogen) atoms. The first-order valence-corrected chi connectivity index (χ1v) is 10.4. The van der Waals surface area contributed by atoms with E-state index in [2.05, 4.69) is 83.0 Å². The van der Waals surface area contributed by atoms with Crippen LogP contribution in [0.1, 0.15) is 23.1 Å². The van der Waals surface area contributed by atoms with Crippen molar-refractivity contribution in [2.24, 2.45) is 5.41 Å². The van der Waals surface area contributed by atoms with E-state index in [1.807, 2.05) is 6.07 Å². The molecule has 1 spiro atoms. The highest BCUT2D eigenvalue weighted by Crippen LogP contribution is 2.37. The van der Waals surface area contributed by atoms with E-state index in [1.165, 1.54) is 27.8 Å². The molecule has 3 heteroatoms. The molecule has 0 aliphatic carbocycles. The van der Waals surface area contributed by atoms with Gasteiger partial charge in [0.2, 0.25) is 5.91 Å². The van der Waals surface area contributed by atoms with Crippen molar-refractivity contribution in [3.63, 3.8) is 0 Å². The van der Waals surface area contributed by atoms with Gasteiger partial charge in [0.15, 0.2) is 0 Å². The third-order valence-electron chi connectivity index (χ3n) is 6.47. The average molecular weight is 383 g/mol. The summed E-state index contributed by atoms with van der Waals surface area (Å²) in [5, 5.41) is 3.18. The SMILES string of the molecule is O=C1NCc2ccccc2CC12CCN(Cc1ccc(-c3ccccc3)cc1)C2. The van der Waals surface area contributed by atoms with Crippen LogP contribution < -0.4 is 5.32 Å². The number of carbonyl (C=O) groups is 1. The predicted molar refractivity (Wildman–Crippen MR) is 116 cm³/mol. The molecule has 1 N–H and O–H groups in total. The number of hydrogen-bond donors (Lipinski definition) is 1. The maximum atomic E-state index is 13.0. The molecule has 5 rings (SSSR count). The lowest BCUT2D eigenvalue weighted by molar-refractivity contribution is -0.130. The van der Waals surface area contributed by atoms with Crippen molar-refractivity contribution in [2.45, 2.75) is 25.9 Å². The Morgan fingerprint density at radius 2 is 1.52 bits per heavy atom. The first-order valence-electron chi connectivity index (χ1n) is 10.4. The molecule has 2 heterocycles. The zero-order valence-electron chi connectivity index (χ0n) is 16.6. The maximum Gasteiger partial charge on any atom is 0.228 e. The number of nitrogens with zero attached hydrogens (tertiary/aromatic N) is 1. The number of benzene rings is 3. The second-order valence-electron chi connectivity index (χ2n) is 8.43. The Morgan fingerprint density at radius 1 is 0.828 bits per heavy atom. The largest absolute Gasteiger partial charge is 0.351 e. The Labute approximate surface area is 172 Å². The number of fused-ring (bicyclic) bond motifs is 1. The molecule has 0 radical (unpaired) electrons. The van der Waals surface area contributed by atoms with E-state index in [0.717, 1.165) is 32.5 Å². The van der Waals surface area contributed by atoms with Crippen LogP contribution in [0.25, 0.3) is 11.1 Å². The number of hydrogen-bond acceptors (Lipinski definition) is 2. The van der Waals surface area contributed by atoms with E-state index in [1.54, 1.807) is 0 Å². The van der Waals surface area contributed by atoms with Crippen LogP contribution in [0.15, 0.2) is 78.9 Å². The van der Waals surface area contributed by atoms with E-state index in [-0.39, 0.29) is 11.3 Å². The normalized spacial score (nSPS) is 21.6. The highest BCUT2D eigenvalue weighted by atomic mass is 16.2. The van der Waals surface area contributed by atoms with Crippen LogP contribution in [0.4, 0.5) is 0 Å². The van der Waals surface area contributed by atoms with Crippen molar-refractivity contribution in [3.8, 4) is 11.1 Å². The molecule has 1 atom stereocenters. The summed E-state index contributed by atoms with van der Waals surface area (Å²) in [6, 6.07) is 27.8. The van der Waals surface area contributed by atoms with E-state index < -0.39 is 0 Å². The van der Waals surface area contributed by atoms with Crippen LogP contribution in [0.2, 0.25) is 0 Å². The lowest BCUT2D eigenvalue weighted by atomic mass is 9.80. The second-order valence-corrected chi connectivity index (χ2v) is 8.43. The van der Waals surface area contributed by atoms with Crippen molar-refractivity contribution in [1.29, 1.82) is 0 Å². The fourth-order valence-corrected chi connectivity index (χ4v) is 4.82. The number of amides is 1. The molecule has 3 nitrogen and oxygen atoms in total. The summed E-state index contributed by atoms with van der Waals surface area (Å²) in [6.07, 6.45) is 1.77. The molecule has 1 saturated heterocycles. The summed E-state index contributed by atoms with van der Waals surface area (Å²) in [4.78, 5) is 15.4. The zero-order valence-corrected chi connectivity index (χ0v) is 16.6. The van der Waals surface area contributed by atoms with Gasteiger partial charge in [0.25, 0.3) is 0 Å². The Bertz CT molecular complexity index is 1010. The summed E-state index contributed by atoms with van der Waals surface area (Å²) in [7, 11) is 0. The summed E-state index contributed by atoms with van der Waals surface area (Å²) < 4.78 is 0. The highest BCUT2D eigenvalue weighted by molar-refractivity contribution is 5.84. The van der Waals surface area contributed by atoms with Gasteiger partial charge in [-0.05, 0) is 47.2 Å². The third kappa shape index (κ3) is 3.58. The zero-order chi connectivity index (χ0) is 19.7. The van der Waals surface area contributed by atoms with Crippen molar-refractivity contribution in [1.82, 2.24) is 10.2 Å². The fourth-order valence-electron chi connectivity index (χ4n) is 4.82. The molecule has 2 aliphatic heterocycles. The van der Waals surface area contributed by atoms with Crippen LogP contribution >= 0.6 is 0 Å². The van der Waals surface area contributed by atoms with Crippen LogP contribution in [-0.4, -0.2) is 23.9 Å². The van der Waals surface area contributed by atoms with Gasteiger partial charge >= 0.3 is 0 Å². The van der Waals surface area contributed by atoms with Gasteiger partial charge in [0.05, 0.1) is 5.41 Å². The lowest BCUT2D eigenvalue weighted by Gasteiger charge is -2.26. The average Bonchev–Trinajstić information content (AvgIpc) is 3.11. The smallest absolute Gasteiger partial charge is 0.228 e. The quantitative estimate of drug-likeness (QED) is 0.727. The van der Waals surface area contributed by atoms with Crippen molar-refractivity contribution < 1.29 is 4.79 Å². The summed E-state index contributed by atoms with van der Waals surface area (Å²) in [6.45, 7) is 3.34. The van der Waals surface area contributed by atoms with Gasteiger partial charge in [0, 0.05) is 19.6 Å². The Morgan fingerprint density at radius 3 is 2.31 bits per heavy atom. The Balaban J connectivity index is 1.30. The number of nitrogens with one attached hydrogen (secondary N) is 1. The standard InChI is InChI=1S/C26H26N2O/c29-25-26(16-23-8-4-5-9-24(23)17-27-25)14-15-28(19-26)18-20-10-12-22(13-11-20)21-6-2-1-3-7-21/h1-13H,14-19H2,(H,27,29). The van der Waals surface area contributed by atoms with E-state index in [9.17, 15) is 4.79 Å². The highest BCUT2D eigenvalue weighted by Gasteiger charge is 2.45. The molecular formula is C26H26N2O. The molecule has 3 aromatic carbocycles. The number of rotatable bonds is 3. The van der Waals surface area contributed by atoms with Crippen LogP contribution in [0.3, 0.4) is 0 Å². The van der Waals surface area contributed by atoms with Gasteiger partial charge in [-0.2, -0.15) is 0 Å². The third-order valence-corrected chi connectivity index (χ3v) is 6.47. The van der Waals surface area contributed by atoms with Crippen LogP contribution in [-0.2, 0) is 24.3 Å². The molecule has 1 fully saturated rings. The molecule has 1 amide bonds. The minimum absolute atomic E-state index is 0.218. The monoisotopic (exact) mass is 382 g/mol. The molecular weight excluding hydrogens is 356 g/mol. The Hall–Kier alpha value is -2.91. The van der Waals surface area contributed by atoms with Gasteiger partial charge in [-0.3, -0.25) is 9.69 Å². The van der Waals surface area contributed by atoms with Gasteiger partial charge in [-0.15, -0.1) is 0 Å². The predicted octanol–water partition coefficient (Wildman–Crippen LogP) is 4.42. The molecule has 0 aromatic heterocycles. The lowest BCUT2D eigenvalue weighted by Crippen LogP contribution is -2.42. The Kier molecular flexibility index (Phi) is 4.69. The number of carbonyl (C=O) groups excluding carboxylic acids is 1. The van der Waals surface area contributed by atoms with Gasteiger partial charge < -0.3 is 5.32 Å². The number of likely N-dealkylation sites (tertiary alicyclic amines) is 1. The minimum Gasteiger partial charge on any atom is -0.351 e. The summed E-state index contributed by atoms with van der Waals surface area (Å²) in [5.74, 6) is 0.218. The molecule has 0 bridgehead atoms. The first kappa shape index (κ1) is 18.1. The fraction of sp³-hybridized carbons (Fsp3) is 0.269. The summed E-state index contributed by atoms with van der Waals surface area (Å²) in [5.41, 5.74) is 6.07. The van der Waals surface area contributed by atoms with E-state index in [4.69, 9.17) is 0 Å². The first-order chi connectivity index (χ1) is 14.2. The topological polar surface area (TPSA) is 32.3 Å². The van der Waals surface area contributed by atoms with Crippen molar-refractivity contribution in [3.05, 3.63) is 95.6 Å². The van der Waals surface area contributed by atoms with Crippen LogP contribution in [0.5, 0.6) is 0 Å². The van der Waals surface area contributed by atoms with Gasteiger partial charge in [-0.1, -0.05) is 78.9 Å². The van der Waals surface area contributed by atoms with E-state index >= 15 is 0 Å². The van der Waals surface area contributed by atoms with Crippen molar-refractivity contribution in [2.75, 3.05) is 13.1 Å². The van der Waals surface area contributed by atoms with Gasteiger partial charge in [-0.25, -0.2) is 0 Å². The molecule has 3 aromatic rings. The molecule has 146 valence electrons.